The summed E-state index contributed by atoms with van der Waals surface area (Å²) < 4.78 is 5.62. The summed E-state index contributed by atoms with van der Waals surface area (Å²) in [6.07, 6.45) is 5.37. The Hall–Kier alpha value is -3.98. The summed E-state index contributed by atoms with van der Waals surface area (Å²) in [6, 6.07) is 11.6. The van der Waals surface area contributed by atoms with Crippen molar-refractivity contribution in [3.63, 3.8) is 0 Å². The fourth-order valence-corrected chi connectivity index (χ4v) is 4.09. The SMILES string of the molecule is CCNc1ccc(-c2cc3cc[nH]c(=O)c3c(Nc3ccc(N4CCO[C@H](C)C4)nc3)n2)cn1. The van der Waals surface area contributed by atoms with Gasteiger partial charge in [0.05, 0.1) is 35.7 Å². The molecular weight excluding hydrogens is 430 g/mol. The number of ether oxygens (including phenoxy) is 1. The maximum absolute atomic E-state index is 12.7. The Morgan fingerprint density at radius 2 is 2.09 bits per heavy atom. The Bertz CT molecular complexity index is 1340. The number of nitrogens with one attached hydrogen (secondary N) is 3. The van der Waals surface area contributed by atoms with Gasteiger partial charge in [-0.25, -0.2) is 15.0 Å². The lowest BCUT2D eigenvalue weighted by atomic mass is 10.1. The van der Waals surface area contributed by atoms with Crippen LogP contribution in [0.2, 0.25) is 0 Å². The standard InChI is InChI=1S/C25H27N7O2/c1-3-26-21-6-4-18(13-28-21)20-12-17-8-9-27-25(33)23(17)24(31-20)30-19-5-7-22(29-14-19)32-10-11-34-16(2)15-32/h4-9,12-14,16H,3,10-11,15H2,1-2H3,(H,26,28)(H,27,33)(H,30,31)/t16-/m1/s1. The lowest BCUT2D eigenvalue weighted by molar-refractivity contribution is 0.0529. The van der Waals surface area contributed by atoms with Crippen LogP contribution in [0.5, 0.6) is 0 Å². The van der Waals surface area contributed by atoms with Crippen molar-refractivity contribution in [2.24, 2.45) is 0 Å². The number of nitrogens with zero attached hydrogens (tertiary/aromatic N) is 4. The molecule has 4 aromatic rings. The summed E-state index contributed by atoms with van der Waals surface area (Å²) in [4.78, 5) is 31.5. The summed E-state index contributed by atoms with van der Waals surface area (Å²) >= 11 is 0. The number of hydrogen-bond acceptors (Lipinski definition) is 8. The van der Waals surface area contributed by atoms with E-state index in [1.165, 1.54) is 0 Å². The first-order chi connectivity index (χ1) is 16.6. The van der Waals surface area contributed by atoms with E-state index in [9.17, 15) is 4.79 Å². The van der Waals surface area contributed by atoms with Gasteiger partial charge in [-0.2, -0.15) is 0 Å². The number of pyridine rings is 4. The Balaban J connectivity index is 1.48. The van der Waals surface area contributed by atoms with Crippen LogP contribution in [0.4, 0.5) is 23.1 Å². The minimum absolute atomic E-state index is 0.180. The lowest BCUT2D eigenvalue weighted by Gasteiger charge is -2.32. The van der Waals surface area contributed by atoms with Crippen molar-refractivity contribution in [2.45, 2.75) is 20.0 Å². The van der Waals surface area contributed by atoms with Gasteiger partial charge in [-0.3, -0.25) is 4.79 Å². The van der Waals surface area contributed by atoms with Gasteiger partial charge in [-0.1, -0.05) is 0 Å². The number of fused-ring (bicyclic) bond motifs is 1. The number of rotatable bonds is 6. The van der Waals surface area contributed by atoms with Gasteiger partial charge in [0.1, 0.15) is 17.5 Å². The van der Waals surface area contributed by atoms with E-state index >= 15 is 0 Å². The Labute approximate surface area is 197 Å². The van der Waals surface area contributed by atoms with Gasteiger partial charge in [0.15, 0.2) is 0 Å². The molecule has 0 aromatic carbocycles. The van der Waals surface area contributed by atoms with E-state index in [4.69, 9.17) is 9.72 Å². The molecule has 5 rings (SSSR count). The van der Waals surface area contributed by atoms with E-state index in [1.54, 1.807) is 18.6 Å². The lowest BCUT2D eigenvalue weighted by Crippen LogP contribution is -2.41. The predicted molar refractivity (Wildman–Crippen MR) is 135 cm³/mol. The number of aromatic nitrogens is 4. The second-order valence-electron chi connectivity index (χ2n) is 8.25. The smallest absolute Gasteiger partial charge is 0.259 e. The predicted octanol–water partition coefficient (Wildman–Crippen LogP) is 3.78. The van der Waals surface area contributed by atoms with Crippen molar-refractivity contribution in [3.05, 3.63) is 65.3 Å². The van der Waals surface area contributed by atoms with Crippen LogP contribution < -0.4 is 21.1 Å². The molecule has 0 spiro atoms. The van der Waals surface area contributed by atoms with E-state index in [-0.39, 0.29) is 11.7 Å². The highest BCUT2D eigenvalue weighted by molar-refractivity contribution is 5.95. The van der Waals surface area contributed by atoms with Crippen molar-refractivity contribution in [2.75, 3.05) is 41.8 Å². The molecule has 0 bridgehead atoms. The third kappa shape index (κ3) is 4.55. The van der Waals surface area contributed by atoms with E-state index in [0.717, 1.165) is 53.6 Å². The number of anilines is 4. The van der Waals surface area contributed by atoms with Crippen molar-refractivity contribution in [3.8, 4) is 11.3 Å². The van der Waals surface area contributed by atoms with Crippen molar-refractivity contribution in [1.82, 2.24) is 19.9 Å². The van der Waals surface area contributed by atoms with Crippen LogP contribution in [0.25, 0.3) is 22.0 Å². The van der Waals surface area contributed by atoms with Crippen molar-refractivity contribution in [1.29, 1.82) is 0 Å². The maximum atomic E-state index is 12.7. The molecule has 3 N–H and O–H groups in total. The zero-order valence-corrected chi connectivity index (χ0v) is 19.2. The third-order valence-electron chi connectivity index (χ3n) is 5.75. The molecular formula is C25H27N7O2. The molecule has 1 atom stereocenters. The molecule has 5 heterocycles. The molecule has 1 saturated heterocycles. The highest BCUT2D eigenvalue weighted by Crippen LogP contribution is 2.28. The molecule has 174 valence electrons. The van der Waals surface area contributed by atoms with Gasteiger partial charge in [0.2, 0.25) is 0 Å². The van der Waals surface area contributed by atoms with E-state index < -0.39 is 0 Å². The highest BCUT2D eigenvalue weighted by atomic mass is 16.5. The van der Waals surface area contributed by atoms with Crippen LogP contribution >= 0.6 is 0 Å². The first-order valence-electron chi connectivity index (χ1n) is 11.4. The fourth-order valence-electron chi connectivity index (χ4n) is 4.09. The molecule has 0 unspecified atom stereocenters. The summed E-state index contributed by atoms with van der Waals surface area (Å²) in [7, 11) is 0. The molecule has 0 amide bonds. The van der Waals surface area contributed by atoms with Crippen LogP contribution in [0, 0.1) is 0 Å². The Morgan fingerprint density at radius 3 is 2.82 bits per heavy atom. The first-order valence-corrected chi connectivity index (χ1v) is 11.4. The molecule has 9 heteroatoms. The molecule has 1 aliphatic rings. The number of hydrogen-bond donors (Lipinski definition) is 3. The topological polar surface area (TPSA) is 108 Å². The largest absolute Gasteiger partial charge is 0.375 e. The quantitative estimate of drug-likeness (QED) is 0.401. The average molecular weight is 458 g/mol. The normalized spacial score (nSPS) is 15.9. The van der Waals surface area contributed by atoms with Gasteiger partial charge in [-0.05, 0) is 55.6 Å². The zero-order chi connectivity index (χ0) is 23.5. The Morgan fingerprint density at radius 1 is 1.18 bits per heavy atom. The van der Waals surface area contributed by atoms with Crippen LogP contribution in [0.1, 0.15) is 13.8 Å². The summed E-state index contributed by atoms with van der Waals surface area (Å²) in [5.41, 5.74) is 2.14. The summed E-state index contributed by atoms with van der Waals surface area (Å²) in [5, 5.41) is 7.78. The van der Waals surface area contributed by atoms with Crippen LogP contribution in [0.15, 0.2) is 59.8 Å². The molecule has 0 aliphatic carbocycles. The van der Waals surface area contributed by atoms with Crippen LogP contribution in [0.3, 0.4) is 0 Å². The third-order valence-corrected chi connectivity index (χ3v) is 5.75. The second-order valence-corrected chi connectivity index (χ2v) is 8.25. The average Bonchev–Trinajstić information content (AvgIpc) is 2.85. The molecule has 1 aliphatic heterocycles. The van der Waals surface area contributed by atoms with Gasteiger partial charge in [0, 0.05) is 37.6 Å². The zero-order valence-electron chi connectivity index (χ0n) is 19.2. The number of morpholine rings is 1. The van der Waals surface area contributed by atoms with E-state index in [1.807, 2.05) is 43.3 Å². The molecule has 4 aromatic heterocycles. The molecule has 1 fully saturated rings. The second kappa shape index (κ2) is 9.48. The minimum atomic E-state index is -0.202. The van der Waals surface area contributed by atoms with E-state index in [0.29, 0.717) is 17.8 Å². The van der Waals surface area contributed by atoms with Gasteiger partial charge >= 0.3 is 0 Å². The summed E-state index contributed by atoms with van der Waals surface area (Å²) in [5.74, 6) is 2.18. The highest BCUT2D eigenvalue weighted by Gasteiger charge is 2.18. The molecule has 34 heavy (non-hydrogen) atoms. The molecule has 0 radical (unpaired) electrons. The maximum Gasteiger partial charge on any atom is 0.259 e. The van der Waals surface area contributed by atoms with Gasteiger partial charge in [0.25, 0.3) is 5.56 Å². The van der Waals surface area contributed by atoms with E-state index in [2.05, 4.69) is 37.4 Å². The van der Waals surface area contributed by atoms with Crippen molar-refractivity contribution >= 4 is 33.9 Å². The summed E-state index contributed by atoms with van der Waals surface area (Å²) in [6.45, 7) is 7.21. The number of H-pyrrole nitrogens is 1. The van der Waals surface area contributed by atoms with Crippen molar-refractivity contribution < 1.29 is 4.74 Å². The minimum Gasteiger partial charge on any atom is -0.375 e. The Kier molecular flexibility index (Phi) is 6.09. The van der Waals surface area contributed by atoms with Gasteiger partial charge in [-0.15, -0.1) is 0 Å². The van der Waals surface area contributed by atoms with Crippen LogP contribution in [-0.4, -0.2) is 52.3 Å². The molecule has 0 saturated carbocycles. The number of aromatic amines is 1. The monoisotopic (exact) mass is 457 g/mol. The first kappa shape index (κ1) is 21.8. The fraction of sp³-hybridized carbons (Fsp3) is 0.280. The molecule has 9 nitrogen and oxygen atoms in total. The van der Waals surface area contributed by atoms with Crippen LogP contribution in [-0.2, 0) is 4.74 Å². The van der Waals surface area contributed by atoms with Gasteiger partial charge < -0.3 is 25.3 Å².